The zero-order valence-electron chi connectivity index (χ0n) is 11.7. The molecule has 1 aliphatic heterocycles. The molecule has 3 heterocycles. The van der Waals surface area contributed by atoms with Gasteiger partial charge in [0.25, 0.3) is 0 Å². The summed E-state index contributed by atoms with van der Waals surface area (Å²) in [5.74, 6) is 0.229. The first-order valence-corrected chi connectivity index (χ1v) is 7.19. The first-order chi connectivity index (χ1) is 10.5. The molecule has 1 saturated carbocycles. The Morgan fingerprint density at radius 3 is 2.91 bits per heavy atom. The molecular weight excluding hydrogens is 290 g/mol. The zero-order chi connectivity index (χ0) is 15.5. The lowest BCUT2D eigenvalue weighted by atomic mass is 9.78. The number of imidazole rings is 1. The van der Waals surface area contributed by atoms with Crippen LogP contribution in [0.4, 0.5) is 5.82 Å². The number of nitrogen functional groups attached to an aromatic ring is 1. The van der Waals surface area contributed by atoms with Gasteiger partial charge in [-0.2, -0.15) is 0 Å². The molecule has 2 aliphatic rings. The molecular formula is C13H17N5O4. The molecule has 22 heavy (non-hydrogen) atoms. The van der Waals surface area contributed by atoms with Gasteiger partial charge in [0.1, 0.15) is 29.7 Å². The van der Waals surface area contributed by atoms with Gasteiger partial charge < -0.3 is 25.8 Å². The summed E-state index contributed by atoms with van der Waals surface area (Å²) in [6, 6.07) is 0. The number of aliphatic hydroxyl groups excluding tert-OH is 2. The van der Waals surface area contributed by atoms with E-state index in [0.717, 1.165) is 0 Å². The average molecular weight is 307 g/mol. The van der Waals surface area contributed by atoms with Gasteiger partial charge in [0.15, 0.2) is 17.7 Å². The van der Waals surface area contributed by atoms with Gasteiger partial charge in [0, 0.05) is 0 Å². The summed E-state index contributed by atoms with van der Waals surface area (Å²) >= 11 is 0. The second kappa shape index (κ2) is 4.59. The zero-order valence-corrected chi connectivity index (χ0v) is 11.7. The van der Waals surface area contributed by atoms with Crippen molar-refractivity contribution in [2.24, 2.45) is 0 Å². The van der Waals surface area contributed by atoms with Crippen molar-refractivity contribution in [2.75, 3.05) is 5.73 Å². The van der Waals surface area contributed by atoms with E-state index in [2.05, 4.69) is 15.0 Å². The molecule has 0 amide bonds. The number of hydrogen-bond donors (Lipinski definition) is 4. The Labute approximate surface area is 125 Å². The molecule has 9 heteroatoms. The van der Waals surface area contributed by atoms with Crippen molar-refractivity contribution < 1.29 is 20.1 Å². The van der Waals surface area contributed by atoms with Crippen LogP contribution in [-0.2, 0) is 4.74 Å². The fourth-order valence-corrected chi connectivity index (χ4v) is 3.49. The quantitative estimate of drug-likeness (QED) is 0.523. The van der Waals surface area contributed by atoms with Gasteiger partial charge in [-0.1, -0.05) is 0 Å². The minimum atomic E-state index is -1.47. The Hall–Kier alpha value is -1.81. The topological polar surface area (TPSA) is 140 Å². The Morgan fingerprint density at radius 1 is 1.32 bits per heavy atom. The number of rotatable bonds is 1. The van der Waals surface area contributed by atoms with E-state index in [0.29, 0.717) is 30.4 Å². The lowest BCUT2D eigenvalue weighted by Gasteiger charge is -2.37. The van der Waals surface area contributed by atoms with Crippen molar-refractivity contribution in [2.45, 2.75) is 49.4 Å². The summed E-state index contributed by atoms with van der Waals surface area (Å²) in [6.07, 6.45) is 0.544. The fraction of sp³-hybridized carbons (Fsp3) is 0.615. The molecule has 0 bridgehead atoms. The number of nitrogens with zero attached hydrogens (tertiary/aromatic N) is 4. The third-order valence-electron chi connectivity index (χ3n) is 4.65. The van der Waals surface area contributed by atoms with Gasteiger partial charge in [-0.25, -0.2) is 15.0 Å². The van der Waals surface area contributed by atoms with Crippen LogP contribution in [-0.4, -0.2) is 58.8 Å². The standard InChI is InChI=1S/C13H17N5O4/c14-10-7-11(16-4-15-10)18(5-17-7)12-8(20)13(21)3-1-2-6(19)9(13)22-12/h4-6,8-9,12,19-21H,1-3H2,(H2,14,15,16)/t6?,8-,9+,12+,13-/m0/s1. The third-order valence-corrected chi connectivity index (χ3v) is 4.65. The smallest absolute Gasteiger partial charge is 0.167 e. The van der Waals surface area contributed by atoms with Gasteiger partial charge in [-0.05, 0) is 19.3 Å². The van der Waals surface area contributed by atoms with Crippen LogP contribution in [0.3, 0.4) is 0 Å². The minimum absolute atomic E-state index is 0.229. The van der Waals surface area contributed by atoms with Crippen LogP contribution in [0.5, 0.6) is 0 Å². The summed E-state index contributed by atoms with van der Waals surface area (Å²) in [7, 11) is 0. The molecule has 1 aliphatic carbocycles. The molecule has 0 spiro atoms. The highest BCUT2D eigenvalue weighted by Gasteiger charge is 2.59. The van der Waals surface area contributed by atoms with E-state index < -0.39 is 30.1 Å². The maximum atomic E-state index is 10.7. The number of aliphatic hydroxyl groups is 3. The number of aromatic nitrogens is 4. The van der Waals surface area contributed by atoms with Crippen LogP contribution < -0.4 is 5.73 Å². The fourth-order valence-electron chi connectivity index (χ4n) is 3.49. The van der Waals surface area contributed by atoms with Crippen LogP contribution >= 0.6 is 0 Å². The number of nitrogens with two attached hydrogens (primary N) is 1. The number of fused-ring (bicyclic) bond motifs is 2. The van der Waals surface area contributed by atoms with Crippen LogP contribution in [0.15, 0.2) is 12.7 Å². The van der Waals surface area contributed by atoms with Gasteiger partial charge >= 0.3 is 0 Å². The highest BCUT2D eigenvalue weighted by molar-refractivity contribution is 5.81. The van der Waals surface area contributed by atoms with E-state index >= 15 is 0 Å². The van der Waals surface area contributed by atoms with E-state index in [-0.39, 0.29) is 5.82 Å². The summed E-state index contributed by atoms with van der Waals surface area (Å²) in [6.45, 7) is 0. The highest BCUT2D eigenvalue weighted by Crippen LogP contribution is 2.45. The van der Waals surface area contributed by atoms with Gasteiger partial charge in [-0.15, -0.1) is 0 Å². The normalized spacial score (nSPS) is 38.3. The number of anilines is 1. The Kier molecular flexibility index (Phi) is 2.89. The Balaban J connectivity index is 1.78. The molecule has 1 saturated heterocycles. The predicted molar refractivity (Wildman–Crippen MR) is 74.5 cm³/mol. The van der Waals surface area contributed by atoms with Crippen molar-refractivity contribution in [3.63, 3.8) is 0 Å². The second-order valence-electron chi connectivity index (χ2n) is 5.93. The van der Waals surface area contributed by atoms with E-state index in [9.17, 15) is 15.3 Å². The molecule has 1 unspecified atom stereocenters. The minimum Gasteiger partial charge on any atom is -0.390 e. The molecule has 118 valence electrons. The van der Waals surface area contributed by atoms with Crippen molar-refractivity contribution in [3.05, 3.63) is 12.7 Å². The lowest BCUT2D eigenvalue weighted by Crippen LogP contribution is -2.54. The van der Waals surface area contributed by atoms with Crippen LogP contribution in [0.1, 0.15) is 25.5 Å². The molecule has 0 radical (unpaired) electrons. The van der Waals surface area contributed by atoms with E-state index in [4.69, 9.17) is 10.5 Å². The van der Waals surface area contributed by atoms with Crippen LogP contribution in [0, 0.1) is 0 Å². The molecule has 2 aromatic heterocycles. The van der Waals surface area contributed by atoms with Gasteiger partial charge in [0.05, 0.1) is 12.4 Å². The average Bonchev–Trinajstić information content (AvgIpc) is 3.02. The molecule has 5 atom stereocenters. The van der Waals surface area contributed by atoms with Gasteiger partial charge in [0.2, 0.25) is 0 Å². The Bertz CT molecular complexity index is 722. The van der Waals surface area contributed by atoms with Crippen molar-refractivity contribution >= 4 is 17.0 Å². The first-order valence-electron chi connectivity index (χ1n) is 7.19. The van der Waals surface area contributed by atoms with Crippen molar-refractivity contribution in [1.29, 1.82) is 0 Å². The predicted octanol–water partition coefficient (Wildman–Crippen LogP) is -1.06. The molecule has 5 N–H and O–H groups in total. The number of ether oxygens (including phenoxy) is 1. The van der Waals surface area contributed by atoms with E-state index in [1.807, 2.05) is 0 Å². The summed E-state index contributed by atoms with van der Waals surface area (Å²) in [4.78, 5) is 12.1. The maximum absolute atomic E-state index is 10.7. The largest absolute Gasteiger partial charge is 0.390 e. The summed E-state index contributed by atoms with van der Waals surface area (Å²) in [5.41, 5.74) is 5.09. The molecule has 9 nitrogen and oxygen atoms in total. The summed E-state index contributed by atoms with van der Waals surface area (Å²) in [5, 5.41) is 31.3. The molecule has 2 fully saturated rings. The highest BCUT2D eigenvalue weighted by atomic mass is 16.6. The van der Waals surface area contributed by atoms with Crippen LogP contribution in [0.25, 0.3) is 11.2 Å². The molecule has 0 aromatic carbocycles. The summed E-state index contributed by atoms with van der Waals surface area (Å²) < 4.78 is 7.27. The second-order valence-corrected chi connectivity index (χ2v) is 5.93. The van der Waals surface area contributed by atoms with Crippen molar-refractivity contribution in [1.82, 2.24) is 19.5 Å². The monoisotopic (exact) mass is 307 g/mol. The van der Waals surface area contributed by atoms with Gasteiger partial charge in [-0.3, -0.25) is 4.57 Å². The molecule has 4 rings (SSSR count). The van der Waals surface area contributed by atoms with E-state index in [1.165, 1.54) is 17.2 Å². The number of hydrogen-bond acceptors (Lipinski definition) is 8. The SMILES string of the molecule is Nc1ncnc2c1ncn2[C@@H]1O[C@@H]2C(O)CCC[C@]2(O)[C@H]1O. The third kappa shape index (κ3) is 1.70. The first kappa shape index (κ1) is 13.8. The Morgan fingerprint density at radius 2 is 2.14 bits per heavy atom. The van der Waals surface area contributed by atoms with Crippen molar-refractivity contribution in [3.8, 4) is 0 Å². The lowest BCUT2D eigenvalue weighted by molar-refractivity contribution is -0.145. The van der Waals surface area contributed by atoms with E-state index in [1.54, 1.807) is 0 Å². The molecule has 2 aromatic rings. The van der Waals surface area contributed by atoms with Crippen LogP contribution in [0.2, 0.25) is 0 Å². The maximum Gasteiger partial charge on any atom is 0.167 e.